The fourth-order valence-electron chi connectivity index (χ4n) is 5.64. The van der Waals surface area contributed by atoms with Crippen LogP contribution in [0.5, 0.6) is 0 Å². The van der Waals surface area contributed by atoms with E-state index in [0.717, 1.165) is 61.5 Å². The fraction of sp³-hybridized carbons (Fsp3) is 0. The standard InChI is InChI=1S/C36H24N4/c1-3-11-25(12-4-1)28-23-31(26-13-5-2-6-14-26)37-32(24-28)27-18-20-29(21-19-27)40-33-16-8-7-15-30(33)35-36(40)39-22-10-9-17-34(39)38-35/h1-24H. The van der Waals surface area contributed by atoms with Crippen molar-refractivity contribution < 1.29 is 0 Å². The summed E-state index contributed by atoms with van der Waals surface area (Å²) in [5, 5.41) is 1.15. The van der Waals surface area contributed by atoms with Gasteiger partial charge in [-0.05, 0) is 53.6 Å². The number of imidazole rings is 1. The molecule has 4 aromatic heterocycles. The van der Waals surface area contributed by atoms with Gasteiger partial charge in [0.05, 0.1) is 16.9 Å². The largest absolute Gasteiger partial charge is 0.294 e. The molecule has 4 aromatic carbocycles. The Kier molecular flexibility index (Phi) is 5.10. The summed E-state index contributed by atoms with van der Waals surface area (Å²) in [6.07, 6.45) is 2.08. The zero-order chi connectivity index (χ0) is 26.5. The highest BCUT2D eigenvalue weighted by Crippen LogP contribution is 2.34. The van der Waals surface area contributed by atoms with Crippen molar-refractivity contribution in [3.05, 3.63) is 146 Å². The fourth-order valence-corrected chi connectivity index (χ4v) is 5.64. The number of pyridine rings is 2. The van der Waals surface area contributed by atoms with Gasteiger partial charge in [-0.25, -0.2) is 9.97 Å². The maximum absolute atomic E-state index is 5.10. The Morgan fingerprint density at radius 3 is 1.85 bits per heavy atom. The van der Waals surface area contributed by atoms with Crippen molar-refractivity contribution in [2.75, 3.05) is 0 Å². The van der Waals surface area contributed by atoms with Crippen LogP contribution in [0.4, 0.5) is 0 Å². The third-order valence-electron chi connectivity index (χ3n) is 7.54. The van der Waals surface area contributed by atoms with Gasteiger partial charge in [0, 0.05) is 28.4 Å². The Morgan fingerprint density at radius 1 is 0.475 bits per heavy atom. The van der Waals surface area contributed by atoms with Crippen molar-refractivity contribution in [2.45, 2.75) is 0 Å². The number of fused-ring (bicyclic) bond motifs is 5. The lowest BCUT2D eigenvalue weighted by molar-refractivity contribution is 1.09. The molecule has 0 aliphatic rings. The number of benzene rings is 4. The van der Waals surface area contributed by atoms with Crippen molar-refractivity contribution in [1.82, 2.24) is 18.9 Å². The van der Waals surface area contributed by atoms with E-state index in [9.17, 15) is 0 Å². The smallest absolute Gasteiger partial charge is 0.150 e. The molecule has 0 spiro atoms. The molecule has 0 radical (unpaired) electrons. The number of hydrogen-bond donors (Lipinski definition) is 0. The number of aromatic nitrogens is 4. The Morgan fingerprint density at radius 2 is 1.10 bits per heavy atom. The van der Waals surface area contributed by atoms with Gasteiger partial charge in [-0.15, -0.1) is 0 Å². The van der Waals surface area contributed by atoms with Crippen molar-refractivity contribution >= 4 is 27.7 Å². The van der Waals surface area contributed by atoms with Crippen LogP contribution in [0.3, 0.4) is 0 Å². The summed E-state index contributed by atoms with van der Waals surface area (Å²) in [7, 11) is 0. The molecule has 40 heavy (non-hydrogen) atoms. The van der Waals surface area contributed by atoms with Crippen LogP contribution in [0.1, 0.15) is 0 Å². The van der Waals surface area contributed by atoms with Crippen LogP contribution in [-0.4, -0.2) is 18.9 Å². The molecule has 0 atom stereocenters. The van der Waals surface area contributed by atoms with Crippen molar-refractivity contribution in [1.29, 1.82) is 0 Å². The predicted molar refractivity (Wildman–Crippen MR) is 164 cm³/mol. The third kappa shape index (κ3) is 3.62. The summed E-state index contributed by atoms with van der Waals surface area (Å²) in [4.78, 5) is 10.1. The summed E-state index contributed by atoms with van der Waals surface area (Å²) in [6.45, 7) is 0. The lowest BCUT2D eigenvalue weighted by atomic mass is 10.00. The summed E-state index contributed by atoms with van der Waals surface area (Å²) in [5.74, 6) is 0. The minimum Gasteiger partial charge on any atom is -0.294 e. The molecular formula is C36H24N4. The Hall–Kier alpha value is -5.48. The molecular weight excluding hydrogens is 488 g/mol. The zero-order valence-corrected chi connectivity index (χ0v) is 21.6. The molecule has 0 aliphatic carbocycles. The van der Waals surface area contributed by atoms with E-state index in [2.05, 4.69) is 136 Å². The molecule has 0 N–H and O–H groups in total. The van der Waals surface area contributed by atoms with Gasteiger partial charge in [-0.3, -0.25) is 8.97 Å². The van der Waals surface area contributed by atoms with Gasteiger partial charge in [0.25, 0.3) is 0 Å². The SMILES string of the molecule is c1ccc(-c2cc(-c3ccccc3)nc(-c3ccc(-n4c5ccccc5c5nc6ccccn6c54)cc3)c2)cc1. The molecule has 0 saturated carbocycles. The van der Waals surface area contributed by atoms with Crippen LogP contribution >= 0.6 is 0 Å². The average molecular weight is 513 g/mol. The van der Waals surface area contributed by atoms with Crippen LogP contribution in [0.2, 0.25) is 0 Å². The second-order valence-electron chi connectivity index (χ2n) is 9.97. The first-order chi connectivity index (χ1) is 19.8. The molecule has 8 rings (SSSR count). The van der Waals surface area contributed by atoms with E-state index in [0.29, 0.717) is 0 Å². The van der Waals surface area contributed by atoms with Gasteiger partial charge in [-0.2, -0.15) is 0 Å². The Labute approximate surface area is 231 Å². The van der Waals surface area contributed by atoms with E-state index < -0.39 is 0 Å². The summed E-state index contributed by atoms with van der Waals surface area (Å²) < 4.78 is 4.47. The second kappa shape index (κ2) is 9.07. The van der Waals surface area contributed by atoms with Crippen LogP contribution in [0.25, 0.3) is 67.0 Å². The molecule has 188 valence electrons. The van der Waals surface area contributed by atoms with Gasteiger partial charge in [0.15, 0.2) is 5.65 Å². The van der Waals surface area contributed by atoms with Crippen LogP contribution in [0, 0.1) is 0 Å². The zero-order valence-electron chi connectivity index (χ0n) is 21.6. The average Bonchev–Trinajstić information content (AvgIpc) is 3.57. The van der Waals surface area contributed by atoms with Gasteiger partial charge in [0.1, 0.15) is 11.2 Å². The Balaban J connectivity index is 1.29. The molecule has 0 fully saturated rings. The van der Waals surface area contributed by atoms with E-state index in [1.54, 1.807) is 0 Å². The first-order valence-electron chi connectivity index (χ1n) is 13.4. The molecule has 0 amide bonds. The molecule has 0 unspecified atom stereocenters. The van der Waals surface area contributed by atoms with Crippen LogP contribution in [0.15, 0.2) is 146 Å². The maximum atomic E-state index is 5.10. The molecule has 0 aliphatic heterocycles. The summed E-state index contributed by atoms with van der Waals surface area (Å²) in [5.41, 5.74) is 11.7. The van der Waals surface area contributed by atoms with Crippen molar-refractivity contribution in [3.8, 4) is 39.3 Å². The second-order valence-corrected chi connectivity index (χ2v) is 9.97. The van der Waals surface area contributed by atoms with Gasteiger partial charge >= 0.3 is 0 Å². The number of rotatable bonds is 4. The van der Waals surface area contributed by atoms with Gasteiger partial charge in [0.2, 0.25) is 0 Å². The highest BCUT2D eigenvalue weighted by atomic mass is 15.1. The van der Waals surface area contributed by atoms with Crippen LogP contribution < -0.4 is 0 Å². The predicted octanol–water partition coefficient (Wildman–Crippen LogP) is 8.83. The quantitative estimate of drug-likeness (QED) is 0.236. The van der Waals surface area contributed by atoms with Crippen LogP contribution in [-0.2, 0) is 0 Å². The molecule has 4 heterocycles. The minimum absolute atomic E-state index is 0.944. The maximum Gasteiger partial charge on any atom is 0.150 e. The highest BCUT2D eigenvalue weighted by molar-refractivity contribution is 6.07. The summed E-state index contributed by atoms with van der Waals surface area (Å²) in [6, 6.07) is 48.6. The van der Waals surface area contributed by atoms with E-state index in [1.807, 2.05) is 18.2 Å². The molecule has 4 heteroatoms. The topological polar surface area (TPSA) is 35.1 Å². The highest BCUT2D eigenvalue weighted by Gasteiger charge is 2.18. The molecule has 0 saturated heterocycles. The summed E-state index contributed by atoms with van der Waals surface area (Å²) >= 11 is 0. The van der Waals surface area contributed by atoms with E-state index in [-0.39, 0.29) is 0 Å². The first kappa shape index (κ1) is 22.5. The number of nitrogens with zero attached hydrogens (tertiary/aromatic N) is 4. The lowest BCUT2D eigenvalue weighted by Gasteiger charge is -2.12. The van der Waals surface area contributed by atoms with Crippen molar-refractivity contribution in [2.24, 2.45) is 0 Å². The third-order valence-corrected chi connectivity index (χ3v) is 7.54. The molecule has 4 nitrogen and oxygen atoms in total. The minimum atomic E-state index is 0.944. The Bertz CT molecular complexity index is 2070. The number of hydrogen-bond acceptors (Lipinski definition) is 2. The lowest BCUT2D eigenvalue weighted by Crippen LogP contribution is -1.97. The van der Waals surface area contributed by atoms with E-state index in [1.165, 1.54) is 5.56 Å². The molecule has 8 aromatic rings. The van der Waals surface area contributed by atoms with Crippen molar-refractivity contribution in [3.63, 3.8) is 0 Å². The van der Waals surface area contributed by atoms with E-state index in [4.69, 9.17) is 9.97 Å². The van der Waals surface area contributed by atoms with Gasteiger partial charge in [-0.1, -0.05) is 97.1 Å². The molecule has 0 bridgehead atoms. The normalized spacial score (nSPS) is 11.5. The number of para-hydroxylation sites is 1. The van der Waals surface area contributed by atoms with E-state index >= 15 is 0 Å². The first-order valence-corrected chi connectivity index (χ1v) is 13.4. The van der Waals surface area contributed by atoms with Gasteiger partial charge < -0.3 is 0 Å². The monoisotopic (exact) mass is 512 g/mol.